The highest BCUT2D eigenvalue weighted by atomic mass is 35.5. The molecule has 0 saturated carbocycles. The fourth-order valence-corrected chi connectivity index (χ4v) is 2.79. The van der Waals surface area contributed by atoms with Gasteiger partial charge < -0.3 is 10.6 Å². The maximum Gasteiger partial charge on any atom is 0.271 e. The van der Waals surface area contributed by atoms with Crippen LogP contribution in [0.2, 0.25) is 5.02 Å². The van der Waals surface area contributed by atoms with E-state index in [9.17, 15) is 4.79 Å². The molecule has 1 heterocycles. The number of aromatic nitrogens is 2. The Morgan fingerprint density at radius 2 is 1.81 bits per heavy atom. The van der Waals surface area contributed by atoms with E-state index in [1.54, 1.807) is 6.20 Å². The standard InChI is InChI=1S/C21H21ClN4O/c1-14-3-8-18(15(2)11-14)26-20-13-24-19(12-25-20)21(27)23-10-9-16-4-6-17(22)7-5-16/h3-8,11-13H,9-10H2,1-2H3,(H,23,27)(H,25,26). The first kappa shape index (κ1) is 18.9. The fourth-order valence-electron chi connectivity index (χ4n) is 2.66. The van der Waals surface area contributed by atoms with E-state index in [1.807, 2.05) is 43.3 Å². The molecule has 2 N–H and O–H groups in total. The summed E-state index contributed by atoms with van der Waals surface area (Å²) in [5.41, 5.74) is 4.70. The van der Waals surface area contributed by atoms with Gasteiger partial charge in [-0.1, -0.05) is 41.4 Å². The Kier molecular flexibility index (Phi) is 6.04. The smallest absolute Gasteiger partial charge is 0.271 e. The first-order chi connectivity index (χ1) is 13.0. The largest absolute Gasteiger partial charge is 0.350 e. The Labute approximate surface area is 163 Å². The van der Waals surface area contributed by atoms with Gasteiger partial charge in [0.15, 0.2) is 0 Å². The Bertz CT molecular complexity index is 924. The lowest BCUT2D eigenvalue weighted by Gasteiger charge is -2.10. The molecule has 0 aliphatic carbocycles. The zero-order chi connectivity index (χ0) is 19.2. The van der Waals surface area contributed by atoms with Crippen LogP contribution in [0, 0.1) is 13.8 Å². The Hall–Kier alpha value is -2.92. The van der Waals surface area contributed by atoms with Crippen LogP contribution < -0.4 is 10.6 Å². The number of carbonyl (C=O) groups is 1. The van der Waals surface area contributed by atoms with Crippen molar-refractivity contribution in [1.82, 2.24) is 15.3 Å². The zero-order valence-corrected chi connectivity index (χ0v) is 16.0. The zero-order valence-electron chi connectivity index (χ0n) is 15.3. The molecule has 27 heavy (non-hydrogen) atoms. The second-order valence-electron chi connectivity index (χ2n) is 6.36. The lowest BCUT2D eigenvalue weighted by Crippen LogP contribution is -2.26. The number of rotatable bonds is 6. The number of carbonyl (C=O) groups excluding carboxylic acids is 1. The van der Waals surface area contributed by atoms with E-state index in [0.29, 0.717) is 17.4 Å². The van der Waals surface area contributed by atoms with Gasteiger partial charge >= 0.3 is 0 Å². The summed E-state index contributed by atoms with van der Waals surface area (Å²) < 4.78 is 0. The topological polar surface area (TPSA) is 66.9 Å². The van der Waals surface area contributed by atoms with Gasteiger partial charge in [0, 0.05) is 17.3 Å². The van der Waals surface area contributed by atoms with E-state index in [2.05, 4.69) is 33.6 Å². The van der Waals surface area contributed by atoms with Gasteiger partial charge in [-0.15, -0.1) is 0 Å². The Morgan fingerprint density at radius 1 is 1.04 bits per heavy atom. The first-order valence-electron chi connectivity index (χ1n) is 8.70. The quantitative estimate of drug-likeness (QED) is 0.662. The number of benzene rings is 2. The average Bonchev–Trinajstić information content (AvgIpc) is 2.66. The molecule has 0 saturated heterocycles. The summed E-state index contributed by atoms with van der Waals surface area (Å²) in [7, 11) is 0. The summed E-state index contributed by atoms with van der Waals surface area (Å²) >= 11 is 5.87. The number of nitrogens with one attached hydrogen (secondary N) is 2. The van der Waals surface area contributed by atoms with Gasteiger partial charge in [-0.05, 0) is 49.6 Å². The van der Waals surface area contributed by atoms with Gasteiger partial charge in [-0.25, -0.2) is 9.97 Å². The molecule has 2 aromatic carbocycles. The van der Waals surface area contributed by atoms with Crippen molar-refractivity contribution in [3.8, 4) is 0 Å². The van der Waals surface area contributed by atoms with Crippen molar-refractivity contribution in [2.45, 2.75) is 20.3 Å². The maximum atomic E-state index is 12.2. The summed E-state index contributed by atoms with van der Waals surface area (Å²) in [6.45, 7) is 4.60. The second kappa shape index (κ2) is 8.64. The van der Waals surface area contributed by atoms with Crippen molar-refractivity contribution < 1.29 is 4.79 Å². The van der Waals surface area contributed by atoms with Crippen LogP contribution in [0.15, 0.2) is 54.9 Å². The molecule has 3 aromatic rings. The van der Waals surface area contributed by atoms with Crippen molar-refractivity contribution in [2.75, 3.05) is 11.9 Å². The van der Waals surface area contributed by atoms with Crippen LogP contribution in [0.25, 0.3) is 0 Å². The Balaban J connectivity index is 1.54. The van der Waals surface area contributed by atoms with Crippen molar-refractivity contribution in [1.29, 1.82) is 0 Å². The molecule has 0 bridgehead atoms. The van der Waals surface area contributed by atoms with E-state index < -0.39 is 0 Å². The van der Waals surface area contributed by atoms with E-state index in [1.165, 1.54) is 11.8 Å². The lowest BCUT2D eigenvalue weighted by atomic mass is 10.1. The molecule has 138 valence electrons. The predicted molar refractivity (Wildman–Crippen MR) is 109 cm³/mol. The van der Waals surface area contributed by atoms with Crippen molar-refractivity contribution >= 4 is 29.0 Å². The molecular weight excluding hydrogens is 360 g/mol. The number of amides is 1. The minimum absolute atomic E-state index is 0.241. The van der Waals surface area contributed by atoms with E-state index in [4.69, 9.17) is 11.6 Å². The van der Waals surface area contributed by atoms with Gasteiger partial charge in [0.2, 0.25) is 0 Å². The molecule has 1 aromatic heterocycles. The summed E-state index contributed by atoms with van der Waals surface area (Å²) in [5.74, 6) is 0.356. The lowest BCUT2D eigenvalue weighted by molar-refractivity contribution is 0.0949. The third-order valence-electron chi connectivity index (χ3n) is 4.14. The molecule has 0 spiro atoms. The molecular formula is C21H21ClN4O. The summed E-state index contributed by atoms with van der Waals surface area (Å²) in [5, 5.41) is 6.77. The molecule has 0 unspecified atom stereocenters. The first-order valence-corrected chi connectivity index (χ1v) is 9.08. The number of anilines is 2. The average molecular weight is 381 g/mol. The molecule has 0 aliphatic heterocycles. The number of aryl methyl sites for hydroxylation is 2. The van der Waals surface area contributed by atoms with Crippen LogP contribution in [0.5, 0.6) is 0 Å². The van der Waals surface area contributed by atoms with E-state index >= 15 is 0 Å². The van der Waals surface area contributed by atoms with Gasteiger partial charge in [0.25, 0.3) is 5.91 Å². The summed E-state index contributed by atoms with van der Waals surface area (Å²) in [6, 6.07) is 13.7. The minimum Gasteiger partial charge on any atom is -0.350 e. The van der Waals surface area contributed by atoms with Crippen molar-refractivity contribution in [2.24, 2.45) is 0 Å². The summed E-state index contributed by atoms with van der Waals surface area (Å²) in [4.78, 5) is 20.7. The number of hydrogen-bond donors (Lipinski definition) is 2. The van der Waals surface area contributed by atoms with Gasteiger partial charge in [-0.2, -0.15) is 0 Å². The van der Waals surface area contributed by atoms with Crippen LogP contribution >= 0.6 is 11.6 Å². The monoisotopic (exact) mass is 380 g/mol. The molecule has 0 aliphatic rings. The van der Waals surface area contributed by atoms with Crippen LogP contribution in [-0.4, -0.2) is 22.4 Å². The Morgan fingerprint density at radius 3 is 2.48 bits per heavy atom. The predicted octanol–water partition coefficient (Wildman–Crippen LogP) is 4.46. The highest BCUT2D eigenvalue weighted by Gasteiger charge is 2.08. The third-order valence-corrected chi connectivity index (χ3v) is 4.39. The van der Waals surface area contributed by atoms with Crippen LogP contribution in [-0.2, 0) is 6.42 Å². The second-order valence-corrected chi connectivity index (χ2v) is 6.80. The van der Waals surface area contributed by atoms with Crippen LogP contribution in [0.4, 0.5) is 11.5 Å². The minimum atomic E-state index is -0.241. The van der Waals surface area contributed by atoms with Gasteiger partial charge in [0.1, 0.15) is 11.5 Å². The van der Waals surface area contributed by atoms with E-state index in [-0.39, 0.29) is 11.6 Å². The van der Waals surface area contributed by atoms with Gasteiger partial charge in [-0.3, -0.25) is 4.79 Å². The number of nitrogens with zero attached hydrogens (tertiary/aromatic N) is 2. The summed E-state index contributed by atoms with van der Waals surface area (Å²) in [6.07, 6.45) is 3.76. The van der Waals surface area contributed by atoms with E-state index in [0.717, 1.165) is 23.2 Å². The molecule has 0 fully saturated rings. The molecule has 0 radical (unpaired) electrons. The molecule has 3 rings (SSSR count). The number of hydrogen-bond acceptors (Lipinski definition) is 4. The molecule has 6 heteroatoms. The van der Waals surface area contributed by atoms with Crippen molar-refractivity contribution in [3.05, 3.63) is 82.3 Å². The third kappa shape index (κ3) is 5.28. The van der Waals surface area contributed by atoms with Crippen molar-refractivity contribution in [3.63, 3.8) is 0 Å². The maximum absolute atomic E-state index is 12.2. The fraction of sp³-hybridized carbons (Fsp3) is 0.190. The van der Waals surface area contributed by atoms with Gasteiger partial charge in [0.05, 0.1) is 12.4 Å². The SMILES string of the molecule is Cc1ccc(Nc2cnc(C(=O)NCCc3ccc(Cl)cc3)cn2)c(C)c1. The molecule has 5 nitrogen and oxygen atoms in total. The van der Waals surface area contributed by atoms with Crippen LogP contribution in [0.3, 0.4) is 0 Å². The molecule has 0 atom stereocenters. The normalized spacial score (nSPS) is 10.5. The highest BCUT2D eigenvalue weighted by Crippen LogP contribution is 2.19. The molecule has 1 amide bonds. The number of halogens is 1. The van der Waals surface area contributed by atoms with Crippen LogP contribution in [0.1, 0.15) is 27.2 Å². The highest BCUT2D eigenvalue weighted by molar-refractivity contribution is 6.30.